The van der Waals surface area contributed by atoms with E-state index in [1.54, 1.807) is 0 Å². The van der Waals surface area contributed by atoms with Crippen molar-refractivity contribution in [2.75, 3.05) is 20.8 Å². The van der Waals surface area contributed by atoms with Crippen LogP contribution < -0.4 is 10.6 Å². The van der Waals surface area contributed by atoms with Gasteiger partial charge in [0.25, 0.3) is 0 Å². The molecule has 64 heavy (non-hydrogen) atoms. The second-order valence-electron chi connectivity index (χ2n) is 19.5. The van der Waals surface area contributed by atoms with E-state index in [-0.39, 0.29) is 41.3 Å². The summed E-state index contributed by atoms with van der Waals surface area (Å²) in [7, 11) is 2.62. The van der Waals surface area contributed by atoms with Gasteiger partial charge in [0, 0.05) is 18.2 Å². The molecular formula is C50H62N8O6. The molecule has 3 fully saturated rings. The molecule has 4 N–H and O–H groups in total. The minimum absolute atomic E-state index is 0.0274. The van der Waals surface area contributed by atoms with Gasteiger partial charge in [-0.15, -0.1) is 0 Å². The Balaban J connectivity index is 0.972. The molecular weight excluding hydrogens is 809 g/mol. The Morgan fingerprint density at radius 3 is 1.92 bits per heavy atom. The van der Waals surface area contributed by atoms with E-state index in [1.807, 2.05) is 56.8 Å². The molecule has 2 aromatic heterocycles. The van der Waals surface area contributed by atoms with Crippen LogP contribution in [-0.4, -0.2) is 92.6 Å². The number of imidazole rings is 2. The number of benzene rings is 3. The van der Waals surface area contributed by atoms with E-state index in [0.29, 0.717) is 6.54 Å². The molecule has 1 unspecified atom stereocenters. The van der Waals surface area contributed by atoms with E-state index >= 15 is 0 Å². The first-order valence-corrected chi connectivity index (χ1v) is 22.7. The highest BCUT2D eigenvalue weighted by Gasteiger charge is 2.55. The number of aromatic nitrogens is 4. The standard InChI is InChI=1S/C50H62N8O6/c1-9-36-11-10-12-39(58(36)46(60)42(49(4,5)6)56-48(62)64-8)43-51-26-37(53-43)31-15-13-30(14-16-31)32-17-18-34-24-35(20-19-33(34)23-32)38-27-52-44(54-38)40-25-50(21-22-50)28-57(40)45(59)41(29(2)3)55-47(61)63-7/h13-20,23-24,26-27,29,36,39-42H,9-12,21-22,25,28H2,1-8H3,(H,51,53)(H,52,54)(H,55,61)(H,56,62)/t36?,39-,40-,41-,42+/m0/s1. The van der Waals surface area contributed by atoms with Crippen molar-refractivity contribution < 1.29 is 28.7 Å². The van der Waals surface area contributed by atoms with Gasteiger partial charge in [-0.1, -0.05) is 90.1 Å². The van der Waals surface area contributed by atoms with Crippen molar-refractivity contribution in [3.8, 4) is 33.6 Å². The molecule has 0 bridgehead atoms. The molecule has 1 saturated carbocycles. The summed E-state index contributed by atoms with van der Waals surface area (Å²) in [6, 6.07) is 19.4. The highest BCUT2D eigenvalue weighted by Crippen LogP contribution is 2.58. The van der Waals surface area contributed by atoms with E-state index in [2.05, 4.69) is 88.2 Å². The third-order valence-corrected chi connectivity index (χ3v) is 13.7. The van der Waals surface area contributed by atoms with Crippen LogP contribution in [-0.2, 0) is 19.1 Å². The number of carbonyl (C=O) groups is 4. The number of alkyl carbamates (subject to hydrolysis) is 2. The van der Waals surface area contributed by atoms with E-state index in [4.69, 9.17) is 19.4 Å². The molecule has 2 aliphatic heterocycles. The molecule has 5 atom stereocenters. The van der Waals surface area contributed by atoms with Crippen LogP contribution in [0.2, 0.25) is 0 Å². The fourth-order valence-electron chi connectivity index (χ4n) is 9.75. The average Bonchev–Trinajstić information content (AvgIpc) is 3.62. The van der Waals surface area contributed by atoms with Crippen molar-refractivity contribution >= 4 is 34.8 Å². The number of H-pyrrole nitrogens is 2. The molecule has 1 spiro atoms. The molecule has 2 saturated heterocycles. The molecule has 1 aliphatic carbocycles. The molecule has 3 aromatic carbocycles. The lowest BCUT2D eigenvalue weighted by molar-refractivity contribution is -0.144. The maximum absolute atomic E-state index is 14.3. The topological polar surface area (TPSA) is 175 Å². The van der Waals surface area contributed by atoms with Gasteiger partial charge in [0.05, 0.1) is 50.1 Å². The molecule has 0 radical (unpaired) electrons. The van der Waals surface area contributed by atoms with E-state index in [0.717, 1.165) is 101 Å². The zero-order valence-corrected chi connectivity index (χ0v) is 38.3. The first-order valence-electron chi connectivity index (χ1n) is 22.7. The van der Waals surface area contributed by atoms with Crippen molar-refractivity contribution in [1.82, 2.24) is 40.4 Å². The van der Waals surface area contributed by atoms with Gasteiger partial charge in [0.1, 0.15) is 23.7 Å². The van der Waals surface area contributed by atoms with Crippen LogP contribution >= 0.6 is 0 Å². The first kappa shape index (κ1) is 44.4. The highest BCUT2D eigenvalue weighted by molar-refractivity contribution is 5.91. The Morgan fingerprint density at radius 2 is 1.33 bits per heavy atom. The molecule has 14 nitrogen and oxygen atoms in total. The smallest absolute Gasteiger partial charge is 0.407 e. The molecule has 3 aliphatic rings. The Labute approximate surface area is 375 Å². The van der Waals surface area contributed by atoms with Crippen molar-refractivity contribution in [3.05, 3.63) is 84.7 Å². The number of carbonyl (C=O) groups excluding carboxylic acids is 4. The summed E-state index contributed by atoms with van der Waals surface area (Å²) in [5.74, 6) is 1.16. The summed E-state index contributed by atoms with van der Waals surface area (Å²) < 4.78 is 9.72. The number of hydrogen-bond donors (Lipinski definition) is 4. The van der Waals surface area contributed by atoms with Gasteiger partial charge in [-0.25, -0.2) is 19.6 Å². The summed E-state index contributed by atoms with van der Waals surface area (Å²) in [6.45, 7) is 12.5. The molecule has 4 heterocycles. The summed E-state index contributed by atoms with van der Waals surface area (Å²) in [5, 5.41) is 7.77. The number of aromatic amines is 2. The lowest BCUT2D eigenvalue weighted by Crippen LogP contribution is -2.58. The quantitative estimate of drug-likeness (QED) is 0.102. The van der Waals surface area contributed by atoms with Crippen molar-refractivity contribution in [2.24, 2.45) is 16.7 Å². The highest BCUT2D eigenvalue weighted by atomic mass is 16.5. The average molecular weight is 871 g/mol. The van der Waals surface area contributed by atoms with Gasteiger partial charge in [0.2, 0.25) is 11.8 Å². The van der Waals surface area contributed by atoms with Crippen molar-refractivity contribution in [3.63, 3.8) is 0 Å². The van der Waals surface area contributed by atoms with Crippen molar-refractivity contribution in [1.29, 1.82) is 0 Å². The number of methoxy groups -OCH3 is 2. The van der Waals surface area contributed by atoms with Crippen LogP contribution in [0.5, 0.6) is 0 Å². The van der Waals surface area contributed by atoms with E-state index in [1.165, 1.54) is 14.2 Å². The number of rotatable bonds is 11. The molecule has 338 valence electrons. The lowest BCUT2D eigenvalue weighted by atomic mass is 9.83. The van der Waals surface area contributed by atoms with Crippen LogP contribution in [0.1, 0.15) is 110 Å². The van der Waals surface area contributed by atoms with Crippen LogP contribution in [0, 0.1) is 16.7 Å². The van der Waals surface area contributed by atoms with Crippen LogP contribution in [0.4, 0.5) is 9.59 Å². The second-order valence-corrected chi connectivity index (χ2v) is 19.5. The first-order chi connectivity index (χ1) is 30.6. The summed E-state index contributed by atoms with van der Waals surface area (Å²) in [6.07, 6.45) is 8.91. The third-order valence-electron chi connectivity index (χ3n) is 13.7. The minimum Gasteiger partial charge on any atom is -0.453 e. The maximum atomic E-state index is 14.3. The Kier molecular flexibility index (Phi) is 12.3. The lowest BCUT2D eigenvalue weighted by Gasteiger charge is -2.44. The van der Waals surface area contributed by atoms with Gasteiger partial charge < -0.3 is 39.9 Å². The zero-order chi connectivity index (χ0) is 45.5. The van der Waals surface area contributed by atoms with E-state index in [9.17, 15) is 19.2 Å². The van der Waals surface area contributed by atoms with Gasteiger partial charge >= 0.3 is 12.2 Å². The van der Waals surface area contributed by atoms with E-state index < -0.39 is 29.7 Å². The summed E-state index contributed by atoms with van der Waals surface area (Å²) >= 11 is 0. The Morgan fingerprint density at radius 1 is 0.766 bits per heavy atom. The number of likely N-dealkylation sites (tertiary alicyclic amines) is 2. The largest absolute Gasteiger partial charge is 0.453 e. The molecule has 14 heteroatoms. The van der Waals surface area contributed by atoms with Crippen LogP contribution in [0.3, 0.4) is 0 Å². The predicted octanol–water partition coefficient (Wildman–Crippen LogP) is 9.32. The second kappa shape index (κ2) is 17.8. The number of amides is 4. The van der Waals surface area contributed by atoms with Gasteiger partial charge in [-0.05, 0) is 101 Å². The van der Waals surface area contributed by atoms with Gasteiger partial charge in [-0.2, -0.15) is 0 Å². The Bertz CT molecular complexity index is 2520. The van der Waals surface area contributed by atoms with Gasteiger partial charge in [-0.3, -0.25) is 9.59 Å². The normalized spacial score (nSPS) is 20.3. The summed E-state index contributed by atoms with van der Waals surface area (Å²) in [4.78, 5) is 73.3. The maximum Gasteiger partial charge on any atom is 0.407 e. The van der Waals surface area contributed by atoms with Crippen LogP contribution in [0.25, 0.3) is 44.4 Å². The number of ether oxygens (including phenoxy) is 2. The Hall–Kier alpha value is -6.18. The number of fused-ring (bicyclic) bond motifs is 1. The number of hydrogen-bond acceptors (Lipinski definition) is 8. The molecule has 4 amide bonds. The third kappa shape index (κ3) is 8.96. The summed E-state index contributed by atoms with van der Waals surface area (Å²) in [5.41, 5.74) is 5.51. The molecule has 8 rings (SSSR count). The minimum atomic E-state index is -0.759. The number of piperidine rings is 1. The predicted molar refractivity (Wildman–Crippen MR) is 246 cm³/mol. The SMILES string of the molecule is CCC1CCC[C@@H](c2ncc(-c3ccc(-c4ccc5cc(-c6cnc([C@@H]7CC8(CC8)CN7C(=O)[C@@H](NC(=O)OC)C(C)C)[nH]6)ccc5c4)cc3)[nH]2)N1C(=O)[C@@H](NC(=O)OC)C(C)(C)C. The van der Waals surface area contributed by atoms with Crippen molar-refractivity contribution in [2.45, 2.75) is 117 Å². The fraction of sp³-hybridized carbons (Fsp3) is 0.480. The zero-order valence-electron chi connectivity index (χ0n) is 38.3. The number of nitrogens with one attached hydrogen (secondary N) is 4. The number of nitrogens with zero attached hydrogens (tertiary/aromatic N) is 4. The monoisotopic (exact) mass is 870 g/mol. The molecule has 5 aromatic rings. The fourth-order valence-corrected chi connectivity index (χ4v) is 9.75. The van der Waals surface area contributed by atoms with Crippen LogP contribution in [0.15, 0.2) is 73.1 Å². The van der Waals surface area contributed by atoms with Gasteiger partial charge in [0.15, 0.2) is 0 Å².